The van der Waals surface area contributed by atoms with Crippen molar-refractivity contribution >= 4 is 0 Å². The molecule has 4 nitrogen and oxygen atoms in total. The Morgan fingerprint density at radius 3 is 2.65 bits per heavy atom. The molecule has 120 valence electrons. The topological polar surface area (TPSA) is 43.0 Å². The Hall–Kier alpha value is -2.40. The maximum absolute atomic E-state index is 14.5. The van der Waals surface area contributed by atoms with Crippen molar-refractivity contribution in [3.05, 3.63) is 72.0 Å². The highest BCUT2D eigenvalue weighted by atomic mass is 19.1. The smallest absolute Gasteiger partial charge is 0.147 e. The molecule has 2 heterocycles. The Balaban J connectivity index is 1.78. The molecular formula is C18H20FN3O. The normalized spacial score (nSPS) is 13.9. The molecule has 0 fully saturated rings. The predicted octanol–water partition coefficient (Wildman–Crippen LogP) is 4.32. The molecule has 0 aliphatic rings. The van der Waals surface area contributed by atoms with Gasteiger partial charge in [-0.1, -0.05) is 6.07 Å². The van der Waals surface area contributed by atoms with Crippen LogP contribution in [-0.4, -0.2) is 9.55 Å². The number of benzene rings is 1. The van der Waals surface area contributed by atoms with Crippen molar-refractivity contribution < 1.29 is 8.81 Å². The quantitative estimate of drug-likeness (QED) is 0.762. The average molecular weight is 313 g/mol. The van der Waals surface area contributed by atoms with Gasteiger partial charge >= 0.3 is 0 Å². The van der Waals surface area contributed by atoms with Crippen LogP contribution in [0.2, 0.25) is 0 Å². The Labute approximate surface area is 135 Å². The maximum atomic E-state index is 14.5. The second kappa shape index (κ2) is 6.38. The van der Waals surface area contributed by atoms with Gasteiger partial charge in [-0.05, 0) is 50.6 Å². The molecule has 23 heavy (non-hydrogen) atoms. The van der Waals surface area contributed by atoms with Crippen LogP contribution >= 0.6 is 0 Å². The minimum absolute atomic E-state index is 0.00235. The molecule has 0 aliphatic carbocycles. The van der Waals surface area contributed by atoms with Crippen LogP contribution in [0.4, 0.5) is 4.39 Å². The van der Waals surface area contributed by atoms with Crippen LogP contribution in [0.3, 0.4) is 0 Å². The fourth-order valence-electron chi connectivity index (χ4n) is 2.71. The largest absolute Gasteiger partial charge is 0.468 e. The lowest BCUT2D eigenvalue weighted by atomic mass is 10.1. The second-order valence-corrected chi connectivity index (χ2v) is 5.68. The van der Waals surface area contributed by atoms with Crippen LogP contribution in [-0.2, 0) is 0 Å². The third kappa shape index (κ3) is 3.19. The lowest BCUT2D eigenvalue weighted by Gasteiger charge is -2.19. The van der Waals surface area contributed by atoms with Gasteiger partial charge in [0.2, 0.25) is 0 Å². The summed E-state index contributed by atoms with van der Waals surface area (Å²) < 4.78 is 21.6. The van der Waals surface area contributed by atoms with E-state index in [0.717, 1.165) is 17.1 Å². The van der Waals surface area contributed by atoms with E-state index in [4.69, 9.17) is 4.42 Å². The van der Waals surface area contributed by atoms with Gasteiger partial charge < -0.3 is 14.3 Å². The number of nitrogens with one attached hydrogen (secondary N) is 1. The van der Waals surface area contributed by atoms with E-state index in [1.165, 1.54) is 0 Å². The summed E-state index contributed by atoms with van der Waals surface area (Å²) >= 11 is 0. The molecule has 3 rings (SSSR count). The zero-order chi connectivity index (χ0) is 16.4. The SMILES string of the molecule is Cc1nccn1-c1ccc([C@H](C)N[C@H](C)c2ccco2)cc1F. The number of hydrogen-bond donors (Lipinski definition) is 1. The van der Waals surface area contributed by atoms with E-state index in [0.29, 0.717) is 5.69 Å². The summed E-state index contributed by atoms with van der Waals surface area (Å²) in [6.07, 6.45) is 5.08. The van der Waals surface area contributed by atoms with Crippen LogP contribution in [0, 0.1) is 12.7 Å². The lowest BCUT2D eigenvalue weighted by Crippen LogP contribution is -2.22. The van der Waals surface area contributed by atoms with E-state index in [-0.39, 0.29) is 17.9 Å². The van der Waals surface area contributed by atoms with Crippen molar-refractivity contribution in [1.29, 1.82) is 0 Å². The molecule has 1 aromatic carbocycles. The van der Waals surface area contributed by atoms with E-state index >= 15 is 0 Å². The summed E-state index contributed by atoms with van der Waals surface area (Å²) in [7, 11) is 0. The van der Waals surface area contributed by atoms with E-state index in [2.05, 4.69) is 10.3 Å². The first kappa shape index (κ1) is 15.5. The van der Waals surface area contributed by atoms with Crippen molar-refractivity contribution in [2.45, 2.75) is 32.9 Å². The van der Waals surface area contributed by atoms with Gasteiger partial charge in [0.05, 0.1) is 18.0 Å². The molecular weight excluding hydrogens is 293 g/mol. The van der Waals surface area contributed by atoms with Gasteiger partial charge in [0.1, 0.15) is 17.4 Å². The Kier molecular flexibility index (Phi) is 4.30. The van der Waals surface area contributed by atoms with Crippen LogP contribution in [0.25, 0.3) is 5.69 Å². The van der Waals surface area contributed by atoms with Crippen LogP contribution in [0.5, 0.6) is 0 Å². The third-order valence-electron chi connectivity index (χ3n) is 4.03. The zero-order valence-corrected chi connectivity index (χ0v) is 13.5. The van der Waals surface area contributed by atoms with Crippen molar-refractivity contribution in [1.82, 2.24) is 14.9 Å². The van der Waals surface area contributed by atoms with Crippen molar-refractivity contribution in [2.75, 3.05) is 0 Å². The van der Waals surface area contributed by atoms with E-state index in [1.807, 2.05) is 39.0 Å². The summed E-state index contributed by atoms with van der Waals surface area (Å²) in [5, 5.41) is 3.41. The second-order valence-electron chi connectivity index (χ2n) is 5.68. The molecule has 5 heteroatoms. The summed E-state index contributed by atoms with van der Waals surface area (Å²) in [6.45, 7) is 5.88. The first-order valence-electron chi connectivity index (χ1n) is 7.65. The summed E-state index contributed by atoms with van der Waals surface area (Å²) in [4.78, 5) is 4.13. The average Bonchev–Trinajstić information content (AvgIpc) is 3.18. The summed E-state index contributed by atoms with van der Waals surface area (Å²) in [5.74, 6) is 1.36. The number of imidazole rings is 1. The molecule has 0 unspecified atom stereocenters. The van der Waals surface area contributed by atoms with E-state index in [9.17, 15) is 4.39 Å². The highest BCUT2D eigenvalue weighted by Gasteiger charge is 2.15. The molecule has 0 radical (unpaired) electrons. The molecule has 0 aliphatic heterocycles. The van der Waals surface area contributed by atoms with Gasteiger partial charge in [-0.3, -0.25) is 0 Å². The van der Waals surface area contributed by atoms with Gasteiger partial charge in [-0.15, -0.1) is 0 Å². The monoisotopic (exact) mass is 313 g/mol. The molecule has 1 N–H and O–H groups in total. The number of aromatic nitrogens is 2. The predicted molar refractivity (Wildman–Crippen MR) is 86.9 cm³/mol. The van der Waals surface area contributed by atoms with Crippen LogP contribution in [0.1, 0.15) is 43.1 Å². The van der Waals surface area contributed by atoms with Crippen LogP contribution in [0.15, 0.2) is 53.4 Å². The standard InChI is InChI=1S/C18H20FN3O/c1-12(21-13(2)18-5-4-10-23-18)15-6-7-17(16(19)11-15)22-9-8-20-14(22)3/h4-13,21H,1-3H3/t12-,13+/m0/s1. The molecule has 2 aromatic heterocycles. The Bertz CT molecular complexity index is 779. The molecule has 0 saturated heterocycles. The van der Waals surface area contributed by atoms with E-state index < -0.39 is 0 Å². The third-order valence-corrected chi connectivity index (χ3v) is 4.03. The maximum Gasteiger partial charge on any atom is 0.147 e. The highest BCUT2D eigenvalue weighted by molar-refractivity contribution is 5.38. The van der Waals surface area contributed by atoms with Gasteiger partial charge in [-0.2, -0.15) is 0 Å². The number of nitrogens with zero attached hydrogens (tertiary/aromatic N) is 2. The van der Waals surface area contributed by atoms with E-state index in [1.54, 1.807) is 35.4 Å². The number of furan rings is 1. The first-order valence-corrected chi connectivity index (χ1v) is 7.65. The fourth-order valence-corrected chi connectivity index (χ4v) is 2.71. The van der Waals surface area contributed by atoms with Crippen LogP contribution < -0.4 is 5.32 Å². The molecule has 2 atom stereocenters. The van der Waals surface area contributed by atoms with Gasteiger partial charge in [-0.25, -0.2) is 9.37 Å². The van der Waals surface area contributed by atoms with Crippen molar-refractivity contribution in [3.8, 4) is 5.69 Å². The van der Waals surface area contributed by atoms with Gasteiger partial charge in [0, 0.05) is 18.4 Å². The number of hydrogen-bond acceptors (Lipinski definition) is 3. The lowest BCUT2D eigenvalue weighted by molar-refractivity contribution is 0.402. The number of rotatable bonds is 5. The van der Waals surface area contributed by atoms with Crippen molar-refractivity contribution in [2.24, 2.45) is 0 Å². The molecule has 0 bridgehead atoms. The summed E-state index contributed by atoms with van der Waals surface area (Å²) in [6, 6.07) is 9.14. The van der Waals surface area contributed by atoms with Gasteiger partial charge in [0.15, 0.2) is 0 Å². The minimum Gasteiger partial charge on any atom is -0.468 e. The molecule has 3 aromatic rings. The number of halogens is 1. The zero-order valence-electron chi connectivity index (χ0n) is 13.5. The molecule has 0 saturated carbocycles. The molecule has 0 amide bonds. The van der Waals surface area contributed by atoms with Crippen molar-refractivity contribution in [3.63, 3.8) is 0 Å². The first-order chi connectivity index (χ1) is 11.1. The molecule has 0 spiro atoms. The van der Waals surface area contributed by atoms with Gasteiger partial charge in [0.25, 0.3) is 0 Å². The highest BCUT2D eigenvalue weighted by Crippen LogP contribution is 2.23. The summed E-state index contributed by atoms with van der Waals surface area (Å²) in [5.41, 5.74) is 1.40. The fraction of sp³-hybridized carbons (Fsp3) is 0.278. The Morgan fingerprint density at radius 2 is 2.04 bits per heavy atom. The Morgan fingerprint density at radius 1 is 1.22 bits per heavy atom. The minimum atomic E-state index is -0.261. The number of aryl methyl sites for hydroxylation is 1.